The third-order valence-corrected chi connectivity index (χ3v) is 4.84. The molecule has 1 amide bonds. The zero-order valence-electron chi connectivity index (χ0n) is 15.0. The largest absolute Gasteiger partial charge is 0.489 e. The molecule has 0 saturated carbocycles. The van der Waals surface area contributed by atoms with Gasteiger partial charge in [0.1, 0.15) is 12.4 Å². The van der Waals surface area contributed by atoms with Crippen molar-refractivity contribution in [3.8, 4) is 5.75 Å². The standard InChI is InChI=1S/C19H28N2O3.ClH/c1-13-5-6-17(18(10-13)24-12-16-4-3-9-23-16)21-19(22)15-7-8-20-14(2)11-15;/h5-6,10,14-16,20H,3-4,7-9,11-12H2,1-2H3,(H,21,22);1H/t14-,15-,16?;/m0./s1. The molecule has 3 atom stereocenters. The van der Waals surface area contributed by atoms with Crippen molar-refractivity contribution in [2.45, 2.75) is 51.7 Å². The Morgan fingerprint density at radius 2 is 2.24 bits per heavy atom. The third-order valence-electron chi connectivity index (χ3n) is 4.84. The molecule has 2 aliphatic heterocycles. The molecule has 6 heteroatoms. The SMILES string of the molecule is Cc1ccc(NC(=O)[C@H]2CCN[C@@H](C)C2)c(OCC2CCCO2)c1.Cl. The van der Waals surface area contributed by atoms with Crippen molar-refractivity contribution < 1.29 is 14.3 Å². The van der Waals surface area contributed by atoms with Crippen LogP contribution >= 0.6 is 12.4 Å². The molecule has 2 heterocycles. The van der Waals surface area contributed by atoms with Crippen molar-refractivity contribution in [2.24, 2.45) is 5.92 Å². The average Bonchev–Trinajstić information content (AvgIpc) is 3.08. The lowest BCUT2D eigenvalue weighted by Gasteiger charge is -2.27. The van der Waals surface area contributed by atoms with Crippen molar-refractivity contribution in [1.82, 2.24) is 5.32 Å². The third kappa shape index (κ3) is 5.59. The summed E-state index contributed by atoms with van der Waals surface area (Å²) in [5.74, 6) is 0.892. The second-order valence-corrected chi connectivity index (χ2v) is 7.01. The number of nitrogens with one attached hydrogen (secondary N) is 2. The summed E-state index contributed by atoms with van der Waals surface area (Å²) in [5.41, 5.74) is 1.88. The van der Waals surface area contributed by atoms with Crippen LogP contribution in [0.25, 0.3) is 0 Å². The second-order valence-electron chi connectivity index (χ2n) is 7.01. The van der Waals surface area contributed by atoms with Crippen LogP contribution in [0.2, 0.25) is 0 Å². The van der Waals surface area contributed by atoms with Gasteiger partial charge in [-0.15, -0.1) is 12.4 Å². The van der Waals surface area contributed by atoms with E-state index in [0.29, 0.717) is 12.6 Å². The van der Waals surface area contributed by atoms with Gasteiger partial charge in [0.05, 0.1) is 11.8 Å². The van der Waals surface area contributed by atoms with E-state index in [-0.39, 0.29) is 30.3 Å². The number of halogens is 1. The summed E-state index contributed by atoms with van der Waals surface area (Å²) >= 11 is 0. The molecule has 0 aromatic heterocycles. The Bertz CT molecular complexity index is 576. The molecule has 0 aliphatic carbocycles. The number of hydrogen-bond acceptors (Lipinski definition) is 4. The first-order valence-corrected chi connectivity index (χ1v) is 9.01. The van der Waals surface area contributed by atoms with Crippen LogP contribution in [0.15, 0.2) is 18.2 Å². The van der Waals surface area contributed by atoms with E-state index in [2.05, 4.69) is 17.6 Å². The Labute approximate surface area is 156 Å². The summed E-state index contributed by atoms with van der Waals surface area (Å²) in [7, 11) is 0. The fourth-order valence-electron chi connectivity index (χ4n) is 3.42. The number of aryl methyl sites for hydroxylation is 1. The number of rotatable bonds is 5. The Morgan fingerprint density at radius 3 is 2.96 bits per heavy atom. The molecule has 0 spiro atoms. The topological polar surface area (TPSA) is 59.6 Å². The molecule has 2 saturated heterocycles. The van der Waals surface area contributed by atoms with Crippen molar-refractivity contribution in [3.05, 3.63) is 23.8 Å². The molecule has 3 rings (SSSR count). The zero-order valence-corrected chi connectivity index (χ0v) is 15.9. The van der Waals surface area contributed by atoms with Gasteiger partial charge in [0.15, 0.2) is 0 Å². The Hall–Kier alpha value is -1.30. The van der Waals surface area contributed by atoms with E-state index in [1.807, 2.05) is 25.1 Å². The minimum absolute atomic E-state index is 0. The lowest BCUT2D eigenvalue weighted by Crippen LogP contribution is -2.40. The van der Waals surface area contributed by atoms with E-state index in [0.717, 1.165) is 55.8 Å². The number of benzene rings is 1. The summed E-state index contributed by atoms with van der Waals surface area (Å²) < 4.78 is 11.6. The Kier molecular flexibility index (Phi) is 7.54. The lowest BCUT2D eigenvalue weighted by molar-refractivity contribution is -0.120. The summed E-state index contributed by atoms with van der Waals surface area (Å²) in [5, 5.41) is 6.45. The minimum Gasteiger partial charge on any atom is -0.489 e. The number of hydrogen-bond donors (Lipinski definition) is 2. The maximum Gasteiger partial charge on any atom is 0.227 e. The highest BCUT2D eigenvalue weighted by atomic mass is 35.5. The van der Waals surface area contributed by atoms with Crippen LogP contribution in [0.5, 0.6) is 5.75 Å². The predicted octanol–water partition coefficient (Wildman–Crippen LogP) is 3.30. The summed E-state index contributed by atoms with van der Waals surface area (Å²) in [6.45, 7) is 6.41. The van der Waals surface area contributed by atoms with Gasteiger partial charge in [-0.2, -0.15) is 0 Å². The highest BCUT2D eigenvalue weighted by molar-refractivity contribution is 5.94. The van der Waals surface area contributed by atoms with Gasteiger partial charge in [0.2, 0.25) is 5.91 Å². The summed E-state index contributed by atoms with van der Waals surface area (Å²) in [6.07, 6.45) is 4.07. The number of piperidine rings is 1. The molecule has 5 nitrogen and oxygen atoms in total. The van der Waals surface area contributed by atoms with E-state index in [1.165, 1.54) is 0 Å². The molecule has 2 N–H and O–H groups in total. The molecule has 2 fully saturated rings. The first-order chi connectivity index (χ1) is 11.6. The van der Waals surface area contributed by atoms with Gasteiger partial charge in [-0.05, 0) is 63.8 Å². The lowest BCUT2D eigenvalue weighted by atomic mass is 9.92. The number of carbonyl (C=O) groups is 1. The molecule has 1 unspecified atom stereocenters. The van der Waals surface area contributed by atoms with Crippen LogP contribution in [0.4, 0.5) is 5.69 Å². The van der Waals surface area contributed by atoms with Gasteiger partial charge in [0, 0.05) is 18.6 Å². The Balaban J connectivity index is 0.00000225. The quantitative estimate of drug-likeness (QED) is 0.837. The van der Waals surface area contributed by atoms with Crippen LogP contribution in [0, 0.1) is 12.8 Å². The summed E-state index contributed by atoms with van der Waals surface area (Å²) in [6, 6.07) is 6.31. The average molecular weight is 369 g/mol. The molecule has 0 radical (unpaired) electrons. The van der Waals surface area contributed by atoms with Crippen molar-refractivity contribution in [2.75, 3.05) is 25.1 Å². The monoisotopic (exact) mass is 368 g/mol. The number of anilines is 1. The van der Waals surface area contributed by atoms with Crippen LogP contribution < -0.4 is 15.4 Å². The van der Waals surface area contributed by atoms with Crippen molar-refractivity contribution in [1.29, 1.82) is 0 Å². The normalized spacial score (nSPS) is 25.9. The van der Waals surface area contributed by atoms with Gasteiger partial charge in [-0.25, -0.2) is 0 Å². The smallest absolute Gasteiger partial charge is 0.227 e. The highest BCUT2D eigenvalue weighted by Crippen LogP contribution is 2.28. The maximum atomic E-state index is 12.6. The number of amides is 1. The minimum atomic E-state index is 0. The van der Waals surface area contributed by atoms with Crippen LogP contribution in [-0.2, 0) is 9.53 Å². The first-order valence-electron chi connectivity index (χ1n) is 9.01. The fraction of sp³-hybridized carbons (Fsp3) is 0.632. The van der Waals surface area contributed by atoms with Crippen LogP contribution in [-0.4, -0.2) is 37.8 Å². The number of ether oxygens (including phenoxy) is 2. The fourth-order valence-corrected chi connectivity index (χ4v) is 3.42. The Morgan fingerprint density at radius 1 is 1.40 bits per heavy atom. The highest BCUT2D eigenvalue weighted by Gasteiger charge is 2.25. The molecule has 0 bridgehead atoms. The van der Waals surface area contributed by atoms with Crippen molar-refractivity contribution in [3.63, 3.8) is 0 Å². The predicted molar refractivity (Wildman–Crippen MR) is 102 cm³/mol. The molecule has 140 valence electrons. The van der Waals surface area contributed by atoms with Crippen molar-refractivity contribution >= 4 is 24.0 Å². The van der Waals surface area contributed by atoms with Crippen LogP contribution in [0.3, 0.4) is 0 Å². The second kappa shape index (κ2) is 9.41. The van der Waals surface area contributed by atoms with Gasteiger partial charge in [-0.1, -0.05) is 6.07 Å². The van der Waals surface area contributed by atoms with E-state index in [1.54, 1.807) is 0 Å². The molecule has 1 aromatic rings. The number of carbonyl (C=O) groups excluding carboxylic acids is 1. The van der Waals surface area contributed by atoms with Crippen LogP contribution in [0.1, 0.15) is 38.2 Å². The maximum absolute atomic E-state index is 12.6. The van der Waals surface area contributed by atoms with E-state index in [9.17, 15) is 4.79 Å². The molecular formula is C19H29ClN2O3. The van der Waals surface area contributed by atoms with Gasteiger partial charge >= 0.3 is 0 Å². The summed E-state index contributed by atoms with van der Waals surface area (Å²) in [4.78, 5) is 12.6. The van der Waals surface area contributed by atoms with E-state index < -0.39 is 0 Å². The molecular weight excluding hydrogens is 340 g/mol. The van der Waals surface area contributed by atoms with Gasteiger partial charge in [0.25, 0.3) is 0 Å². The van der Waals surface area contributed by atoms with Gasteiger partial charge in [-0.3, -0.25) is 4.79 Å². The molecule has 1 aromatic carbocycles. The zero-order chi connectivity index (χ0) is 16.9. The van der Waals surface area contributed by atoms with Gasteiger partial charge < -0.3 is 20.1 Å². The van der Waals surface area contributed by atoms with E-state index in [4.69, 9.17) is 9.47 Å². The van der Waals surface area contributed by atoms with E-state index >= 15 is 0 Å². The first kappa shape index (κ1) is 20.0. The molecule has 2 aliphatic rings. The molecule has 25 heavy (non-hydrogen) atoms.